The van der Waals surface area contributed by atoms with Crippen molar-refractivity contribution in [3.05, 3.63) is 12.2 Å². The van der Waals surface area contributed by atoms with Crippen LogP contribution in [-0.2, 0) is 0 Å². The number of thioether (sulfide) groups is 1. The molecule has 0 aromatic rings. The lowest BCUT2D eigenvalue weighted by Crippen LogP contribution is -1.98. The van der Waals surface area contributed by atoms with E-state index >= 15 is 0 Å². The monoisotopic (exact) mass is 172 g/mol. The van der Waals surface area contributed by atoms with Gasteiger partial charge in [-0.2, -0.15) is 5.10 Å². The van der Waals surface area contributed by atoms with Crippen LogP contribution >= 0.6 is 11.8 Å². The van der Waals surface area contributed by atoms with Gasteiger partial charge in [0, 0.05) is 5.25 Å². The molecule has 0 amide bonds. The van der Waals surface area contributed by atoms with E-state index in [1.807, 2.05) is 6.08 Å². The minimum atomic E-state index is 0.541. The van der Waals surface area contributed by atoms with E-state index in [0.29, 0.717) is 5.25 Å². The maximum Gasteiger partial charge on any atom is 0.116 e. The average molecular weight is 172 g/mol. The first-order valence-corrected chi connectivity index (χ1v) is 4.69. The molecule has 0 saturated carbocycles. The Morgan fingerprint density at radius 2 is 2.27 bits per heavy atom. The smallest absolute Gasteiger partial charge is 0.116 e. The summed E-state index contributed by atoms with van der Waals surface area (Å²) in [6.45, 7) is 6.33. The van der Waals surface area contributed by atoms with Gasteiger partial charge in [0.15, 0.2) is 0 Å². The number of nitrogens with two attached hydrogens (primary N) is 1. The topological polar surface area (TPSA) is 38.4 Å². The first kappa shape index (κ1) is 10.6. The zero-order valence-electron chi connectivity index (χ0n) is 7.37. The highest BCUT2D eigenvalue weighted by Crippen LogP contribution is 2.12. The van der Waals surface area contributed by atoms with Gasteiger partial charge >= 0.3 is 0 Å². The molecule has 0 aliphatic rings. The quantitative estimate of drug-likeness (QED) is 0.307. The Morgan fingerprint density at radius 3 is 2.64 bits per heavy atom. The summed E-state index contributed by atoms with van der Waals surface area (Å²) in [6, 6.07) is 0. The highest BCUT2D eigenvalue weighted by atomic mass is 32.2. The third-order valence-electron chi connectivity index (χ3n) is 0.980. The lowest BCUT2D eigenvalue weighted by Gasteiger charge is -2.01. The fourth-order valence-corrected chi connectivity index (χ4v) is 1.29. The number of hydrogen-bond acceptors (Lipinski definition) is 3. The molecule has 0 fully saturated rings. The molecular formula is C8H16N2S. The second-order valence-electron chi connectivity index (χ2n) is 2.44. The molecular weight excluding hydrogens is 156 g/mol. The number of hydrogen-bond donors (Lipinski definition) is 1. The zero-order valence-corrected chi connectivity index (χ0v) is 8.19. The summed E-state index contributed by atoms with van der Waals surface area (Å²) >= 11 is 1.68. The SMILES string of the molecule is CC/C=C\C(=N/N)SC(C)C. The second kappa shape index (κ2) is 6.28. The van der Waals surface area contributed by atoms with E-state index in [1.54, 1.807) is 11.8 Å². The van der Waals surface area contributed by atoms with Crippen molar-refractivity contribution in [2.24, 2.45) is 10.9 Å². The maximum atomic E-state index is 5.18. The van der Waals surface area contributed by atoms with Gasteiger partial charge in [-0.05, 0) is 12.5 Å². The van der Waals surface area contributed by atoms with Crippen molar-refractivity contribution in [3.8, 4) is 0 Å². The summed E-state index contributed by atoms with van der Waals surface area (Å²) in [7, 11) is 0. The molecule has 0 radical (unpaired) electrons. The lowest BCUT2D eigenvalue weighted by atomic mass is 10.4. The van der Waals surface area contributed by atoms with Gasteiger partial charge in [0.2, 0.25) is 0 Å². The Morgan fingerprint density at radius 1 is 1.64 bits per heavy atom. The summed E-state index contributed by atoms with van der Waals surface area (Å²) in [5.41, 5.74) is 0. The van der Waals surface area contributed by atoms with Crippen LogP contribution in [0.25, 0.3) is 0 Å². The van der Waals surface area contributed by atoms with Crippen LogP contribution in [-0.4, -0.2) is 10.3 Å². The second-order valence-corrected chi connectivity index (χ2v) is 4.04. The van der Waals surface area contributed by atoms with E-state index in [9.17, 15) is 0 Å². The lowest BCUT2D eigenvalue weighted by molar-refractivity contribution is 1.12. The van der Waals surface area contributed by atoms with Crippen molar-refractivity contribution >= 4 is 16.8 Å². The number of nitrogens with zero attached hydrogens (tertiary/aromatic N) is 1. The predicted molar refractivity (Wildman–Crippen MR) is 53.8 cm³/mol. The Kier molecular flexibility index (Phi) is 6.03. The fraction of sp³-hybridized carbons (Fsp3) is 0.625. The Balaban J connectivity index is 3.88. The molecule has 0 rings (SSSR count). The molecule has 64 valence electrons. The molecule has 0 unspecified atom stereocenters. The first-order chi connectivity index (χ1) is 5.20. The van der Waals surface area contributed by atoms with Crippen LogP contribution in [0.15, 0.2) is 17.3 Å². The van der Waals surface area contributed by atoms with Crippen LogP contribution in [0.1, 0.15) is 27.2 Å². The number of hydrazone groups is 1. The van der Waals surface area contributed by atoms with E-state index in [2.05, 4.69) is 31.9 Å². The van der Waals surface area contributed by atoms with Crippen LogP contribution in [0.4, 0.5) is 0 Å². The van der Waals surface area contributed by atoms with E-state index < -0.39 is 0 Å². The van der Waals surface area contributed by atoms with Crippen molar-refractivity contribution in [1.29, 1.82) is 0 Å². The molecule has 2 N–H and O–H groups in total. The van der Waals surface area contributed by atoms with Crippen molar-refractivity contribution < 1.29 is 0 Å². The Hall–Kier alpha value is -0.440. The van der Waals surface area contributed by atoms with Gasteiger partial charge in [-0.1, -0.05) is 26.8 Å². The first-order valence-electron chi connectivity index (χ1n) is 3.81. The van der Waals surface area contributed by atoms with E-state index in [4.69, 9.17) is 5.84 Å². The normalized spacial score (nSPS) is 13.3. The van der Waals surface area contributed by atoms with Crippen molar-refractivity contribution in [1.82, 2.24) is 0 Å². The molecule has 11 heavy (non-hydrogen) atoms. The predicted octanol–water partition coefficient (Wildman–Crippen LogP) is 2.37. The fourth-order valence-electron chi connectivity index (χ4n) is 0.573. The number of allylic oxidation sites excluding steroid dienone is 1. The summed E-state index contributed by atoms with van der Waals surface area (Å²) in [4.78, 5) is 0. The van der Waals surface area contributed by atoms with Crippen LogP contribution in [0, 0.1) is 0 Å². The van der Waals surface area contributed by atoms with Gasteiger partial charge in [-0.15, -0.1) is 11.8 Å². The van der Waals surface area contributed by atoms with Crippen LogP contribution in [0.5, 0.6) is 0 Å². The van der Waals surface area contributed by atoms with Crippen LogP contribution in [0.2, 0.25) is 0 Å². The highest BCUT2D eigenvalue weighted by Gasteiger charge is 1.98. The molecule has 0 aliphatic carbocycles. The summed E-state index contributed by atoms with van der Waals surface area (Å²) in [5.74, 6) is 5.18. The molecule has 2 nitrogen and oxygen atoms in total. The number of rotatable bonds is 3. The summed E-state index contributed by atoms with van der Waals surface area (Å²) < 4.78 is 0. The van der Waals surface area contributed by atoms with Gasteiger partial charge < -0.3 is 5.84 Å². The molecule has 0 aromatic carbocycles. The van der Waals surface area contributed by atoms with Crippen molar-refractivity contribution in [2.45, 2.75) is 32.4 Å². The molecule has 0 bridgehead atoms. The van der Waals surface area contributed by atoms with Crippen molar-refractivity contribution in [3.63, 3.8) is 0 Å². The molecule has 0 spiro atoms. The minimum Gasteiger partial charge on any atom is -0.322 e. The molecule has 0 atom stereocenters. The van der Waals surface area contributed by atoms with Gasteiger partial charge in [-0.3, -0.25) is 0 Å². The van der Waals surface area contributed by atoms with Crippen molar-refractivity contribution in [2.75, 3.05) is 0 Å². The summed E-state index contributed by atoms with van der Waals surface area (Å²) in [5, 5.41) is 5.10. The highest BCUT2D eigenvalue weighted by molar-refractivity contribution is 8.14. The molecule has 3 heteroatoms. The van der Waals surface area contributed by atoms with Gasteiger partial charge in [0.25, 0.3) is 0 Å². The Labute approximate surface area is 72.9 Å². The largest absolute Gasteiger partial charge is 0.322 e. The molecule has 0 heterocycles. The third-order valence-corrected chi connectivity index (χ3v) is 1.93. The Bertz CT molecular complexity index is 150. The molecule has 0 aliphatic heterocycles. The molecule has 0 saturated heterocycles. The van der Waals surface area contributed by atoms with Gasteiger partial charge in [0.05, 0.1) is 0 Å². The van der Waals surface area contributed by atoms with E-state index in [1.165, 1.54) is 0 Å². The van der Waals surface area contributed by atoms with Gasteiger partial charge in [0.1, 0.15) is 5.04 Å². The standard InChI is InChI=1S/C8H16N2S/c1-4-5-6-8(10-9)11-7(2)3/h5-7H,4,9H2,1-3H3/b6-5-,10-8+. The summed E-state index contributed by atoms with van der Waals surface area (Å²) in [6.07, 6.45) is 5.05. The average Bonchev–Trinajstić information content (AvgIpc) is 1.97. The molecule has 0 aromatic heterocycles. The minimum absolute atomic E-state index is 0.541. The van der Waals surface area contributed by atoms with E-state index in [0.717, 1.165) is 11.5 Å². The van der Waals surface area contributed by atoms with Crippen LogP contribution < -0.4 is 5.84 Å². The van der Waals surface area contributed by atoms with E-state index in [-0.39, 0.29) is 0 Å². The zero-order chi connectivity index (χ0) is 8.69. The van der Waals surface area contributed by atoms with Crippen LogP contribution in [0.3, 0.4) is 0 Å². The van der Waals surface area contributed by atoms with Gasteiger partial charge in [-0.25, -0.2) is 0 Å². The third kappa shape index (κ3) is 5.98. The maximum absolute atomic E-state index is 5.18.